The summed E-state index contributed by atoms with van der Waals surface area (Å²) in [5, 5.41) is 1.68. The van der Waals surface area contributed by atoms with E-state index in [1.807, 2.05) is 42.2 Å². The van der Waals surface area contributed by atoms with Gasteiger partial charge in [0.25, 0.3) is 0 Å². The van der Waals surface area contributed by atoms with Gasteiger partial charge in [0.1, 0.15) is 5.82 Å². The first-order valence-electron chi connectivity index (χ1n) is 17.7. The molecule has 2 aromatic rings. The van der Waals surface area contributed by atoms with E-state index < -0.39 is 54.6 Å². The van der Waals surface area contributed by atoms with Crippen LogP contribution in [0.3, 0.4) is 0 Å². The normalized spacial score (nSPS) is 20.4. The quantitative estimate of drug-likeness (QED) is 0.0748. The van der Waals surface area contributed by atoms with Gasteiger partial charge in [-0.15, -0.1) is 0 Å². The average molecular weight is 858 g/mol. The molecule has 0 aliphatic carbocycles. The highest BCUT2D eigenvalue weighted by Crippen LogP contribution is 2.45. The summed E-state index contributed by atoms with van der Waals surface area (Å²) in [5.74, 6) is -2.36. The number of anilines is 3. The molecule has 1 saturated heterocycles. The molecule has 2 heterocycles. The molecule has 0 amide bonds. The van der Waals surface area contributed by atoms with Crippen LogP contribution in [0.2, 0.25) is 20.1 Å². The Morgan fingerprint density at radius 3 is 1.88 bits per heavy atom. The Morgan fingerprint density at radius 1 is 0.821 bits per heavy atom. The number of benzene rings is 2. The summed E-state index contributed by atoms with van der Waals surface area (Å²) < 4.78 is 33.1. The van der Waals surface area contributed by atoms with Gasteiger partial charge in [-0.05, 0) is 69.2 Å². The molecule has 1 fully saturated rings. The molecular weight excluding hydrogens is 812 g/mol. The second kappa shape index (κ2) is 19.9. The van der Waals surface area contributed by atoms with Gasteiger partial charge in [-0.2, -0.15) is 0 Å². The summed E-state index contributed by atoms with van der Waals surface area (Å²) in [6.07, 6.45) is -1.32. The van der Waals surface area contributed by atoms with E-state index in [9.17, 15) is 19.2 Å². The Labute approximate surface area is 346 Å². The van der Waals surface area contributed by atoms with Crippen molar-refractivity contribution in [3.8, 4) is 0 Å². The molecule has 2 aliphatic heterocycles. The van der Waals surface area contributed by atoms with Crippen LogP contribution in [0.1, 0.15) is 46.6 Å². The monoisotopic (exact) mass is 855 g/mol. The van der Waals surface area contributed by atoms with Crippen LogP contribution in [-0.2, 0) is 47.6 Å². The summed E-state index contributed by atoms with van der Waals surface area (Å²) in [5.41, 5.74) is 4.07. The summed E-state index contributed by atoms with van der Waals surface area (Å²) in [6, 6.07) is 7.23. The Kier molecular flexibility index (Phi) is 15.9. The smallest absolute Gasteiger partial charge is 0.339 e. The topological polar surface area (TPSA) is 133 Å². The van der Waals surface area contributed by atoms with E-state index in [2.05, 4.69) is 30.2 Å². The van der Waals surface area contributed by atoms with Crippen molar-refractivity contribution in [2.24, 2.45) is 0 Å². The van der Waals surface area contributed by atoms with Crippen LogP contribution < -0.4 is 14.7 Å². The molecule has 56 heavy (non-hydrogen) atoms. The van der Waals surface area contributed by atoms with Crippen molar-refractivity contribution < 1.29 is 47.6 Å². The maximum Gasteiger partial charge on any atom is 0.339 e. The maximum absolute atomic E-state index is 12.8. The van der Waals surface area contributed by atoms with Crippen molar-refractivity contribution in [2.75, 3.05) is 48.1 Å². The molecule has 0 aromatic heterocycles. The molecule has 17 heteroatoms. The molecule has 0 saturated carbocycles. The predicted octanol–water partition coefficient (Wildman–Crippen LogP) is 7.79. The lowest BCUT2D eigenvalue weighted by Crippen LogP contribution is -2.63. The van der Waals surface area contributed by atoms with E-state index in [1.165, 1.54) is 0 Å². The fourth-order valence-electron chi connectivity index (χ4n) is 6.51. The summed E-state index contributed by atoms with van der Waals surface area (Å²) >= 11 is 25.6. The maximum atomic E-state index is 12.8. The minimum Gasteiger partial charge on any atom is -0.467 e. The van der Waals surface area contributed by atoms with Gasteiger partial charge in [-0.25, -0.2) is 4.79 Å². The summed E-state index contributed by atoms with van der Waals surface area (Å²) in [7, 11) is 1.11. The average Bonchev–Trinajstić information content (AvgIpc) is 3.41. The third kappa shape index (κ3) is 10.5. The highest BCUT2D eigenvalue weighted by Gasteiger charge is 2.55. The number of hydrogen-bond donors (Lipinski definition) is 0. The lowest BCUT2D eigenvalue weighted by Gasteiger charge is -2.43. The van der Waals surface area contributed by atoms with Crippen LogP contribution in [0.5, 0.6) is 0 Å². The number of ether oxygens (including phenoxy) is 6. The number of carbonyl (C=O) groups excluding carboxylic acids is 4. The third-order valence-electron chi connectivity index (χ3n) is 8.84. The highest BCUT2D eigenvalue weighted by molar-refractivity contribution is 6.43. The number of nitrogens with zero attached hydrogens (tertiary/aromatic N) is 3. The molecular formula is C39H45Cl4N3O10. The van der Waals surface area contributed by atoms with Gasteiger partial charge in [0.15, 0.2) is 30.7 Å². The molecule has 0 spiro atoms. The fourth-order valence-corrected chi connectivity index (χ4v) is 7.20. The number of carbonyl (C=O) groups is 4. The van der Waals surface area contributed by atoms with Crippen LogP contribution in [0.25, 0.3) is 0 Å². The number of aryl methyl sites for hydroxylation is 1. The zero-order chi connectivity index (χ0) is 41.4. The predicted molar refractivity (Wildman–Crippen MR) is 215 cm³/mol. The van der Waals surface area contributed by atoms with Crippen LogP contribution in [0, 0.1) is 6.92 Å². The first-order valence-corrected chi connectivity index (χ1v) is 19.2. The Hall–Kier alpha value is -3.98. The van der Waals surface area contributed by atoms with Crippen LogP contribution in [-0.4, -0.2) is 87.9 Å². The lowest BCUT2D eigenvalue weighted by atomic mass is 9.97. The van der Waals surface area contributed by atoms with Gasteiger partial charge < -0.3 is 43.1 Å². The number of allylic oxidation sites excluding steroid dienone is 3. The van der Waals surface area contributed by atoms with E-state index in [1.54, 1.807) is 12.1 Å². The second-order valence-electron chi connectivity index (χ2n) is 12.7. The fraction of sp³-hybridized carbons (Fsp3) is 0.436. The van der Waals surface area contributed by atoms with Gasteiger partial charge in [-0.1, -0.05) is 59.1 Å². The van der Waals surface area contributed by atoms with Crippen molar-refractivity contribution in [1.29, 1.82) is 0 Å². The zero-order valence-corrected chi connectivity index (χ0v) is 35.1. The van der Waals surface area contributed by atoms with Crippen molar-refractivity contribution in [2.45, 2.75) is 78.7 Å². The van der Waals surface area contributed by atoms with Crippen molar-refractivity contribution in [3.63, 3.8) is 0 Å². The molecule has 5 atom stereocenters. The van der Waals surface area contributed by atoms with Gasteiger partial charge in [0.2, 0.25) is 0 Å². The van der Waals surface area contributed by atoms with E-state index in [-0.39, 0.29) is 6.61 Å². The SMILES string of the molecule is C=C(C=CC=C1N(CC)c2cc(Cl)c(Cl)cc2N1CC)N(CCCO[C@@H]1OC(C(=O)OC)[C@@H](OC(C)=O)C(OC(C)=O)[C@@H]1OC(C)=O)c1cc(Cl)c(Cl)cc1C. The summed E-state index contributed by atoms with van der Waals surface area (Å²) in [6.45, 7) is 15.4. The lowest BCUT2D eigenvalue weighted by molar-refractivity contribution is -0.301. The molecule has 0 bridgehead atoms. The van der Waals surface area contributed by atoms with Crippen molar-refractivity contribution in [3.05, 3.63) is 86.2 Å². The second-order valence-corrected chi connectivity index (χ2v) is 14.3. The van der Waals surface area contributed by atoms with Gasteiger partial charge >= 0.3 is 23.9 Å². The minimum absolute atomic E-state index is 0.0143. The Morgan fingerprint density at radius 2 is 1.34 bits per heavy atom. The largest absolute Gasteiger partial charge is 0.467 e. The Balaban J connectivity index is 1.60. The van der Waals surface area contributed by atoms with Crippen LogP contribution in [0.15, 0.2) is 60.6 Å². The van der Waals surface area contributed by atoms with E-state index in [4.69, 9.17) is 74.8 Å². The number of fused-ring (bicyclic) bond motifs is 1. The van der Waals surface area contributed by atoms with Gasteiger partial charge in [0.05, 0.1) is 45.2 Å². The van der Waals surface area contributed by atoms with Crippen LogP contribution >= 0.6 is 46.4 Å². The minimum atomic E-state index is -1.58. The zero-order valence-electron chi connectivity index (χ0n) is 32.1. The molecule has 0 radical (unpaired) electrons. The van der Waals surface area contributed by atoms with Crippen molar-refractivity contribution >= 4 is 87.3 Å². The molecule has 13 nitrogen and oxygen atoms in total. The highest BCUT2D eigenvalue weighted by atomic mass is 35.5. The number of esters is 4. The molecule has 2 aliphatic rings. The third-order valence-corrected chi connectivity index (χ3v) is 10.3. The van der Waals surface area contributed by atoms with E-state index in [0.29, 0.717) is 51.8 Å². The number of methoxy groups -OCH3 is 1. The van der Waals surface area contributed by atoms with Gasteiger partial charge in [0, 0.05) is 51.8 Å². The van der Waals surface area contributed by atoms with E-state index >= 15 is 0 Å². The van der Waals surface area contributed by atoms with E-state index in [0.717, 1.165) is 56.3 Å². The first kappa shape index (κ1) is 44.7. The number of hydrogen-bond acceptors (Lipinski definition) is 13. The molecule has 0 N–H and O–H groups in total. The van der Waals surface area contributed by atoms with Gasteiger partial charge in [-0.3, -0.25) is 14.4 Å². The standard InChI is InChI=1S/C39H45Cl4N3O10/c1-9-44-31-19-28(42)29(43)20-32(31)45(10-2)33(44)14-11-13-22(4)46(30-18-27(41)26(40)17-21(30)3)15-12-16-52-39-37(55-25(7)49)35(54-24(6)48)34(53-23(5)47)36(56-39)38(50)51-8/h11,13-14,17-20,34-37,39H,4,9-10,12,15-16H2,1-3,5-8H3/t34-,35?,36?,37-,39+/m0/s1. The first-order chi connectivity index (χ1) is 26.5. The molecule has 304 valence electrons. The number of rotatable bonds is 15. The summed E-state index contributed by atoms with van der Waals surface area (Å²) in [4.78, 5) is 55.5. The van der Waals surface area contributed by atoms with Crippen molar-refractivity contribution in [1.82, 2.24) is 0 Å². The molecule has 2 aromatic carbocycles. The molecule has 4 rings (SSSR count). The number of halogens is 4. The molecule has 2 unspecified atom stereocenters. The van der Waals surface area contributed by atoms with Crippen LogP contribution in [0.4, 0.5) is 17.1 Å². The Bertz CT molecular complexity index is 1850.